The van der Waals surface area contributed by atoms with Gasteiger partial charge in [-0.05, 0) is 48.9 Å². The fourth-order valence-electron chi connectivity index (χ4n) is 2.91. The Bertz CT molecular complexity index is 983. The Balaban J connectivity index is 1.50. The van der Waals surface area contributed by atoms with Crippen LogP contribution in [0.15, 0.2) is 46.6 Å². The summed E-state index contributed by atoms with van der Waals surface area (Å²) in [4.78, 5) is 25.6. The van der Waals surface area contributed by atoms with E-state index in [1.807, 2.05) is 48.7 Å². The van der Waals surface area contributed by atoms with E-state index in [1.165, 1.54) is 16.0 Å². The summed E-state index contributed by atoms with van der Waals surface area (Å²) in [5, 5.41) is 9.35. The first kappa shape index (κ1) is 16.8. The molecule has 0 spiro atoms. The van der Waals surface area contributed by atoms with Gasteiger partial charge in [-0.15, -0.1) is 11.3 Å². The molecule has 0 bridgehead atoms. The molecule has 6 nitrogen and oxygen atoms in total. The summed E-state index contributed by atoms with van der Waals surface area (Å²) in [6, 6.07) is 11.5. The normalized spacial score (nSPS) is 13.7. The highest BCUT2D eigenvalue weighted by atomic mass is 32.1. The smallest absolute Gasteiger partial charge is 0.349 e. The average molecular weight is 368 g/mol. The zero-order valence-electron chi connectivity index (χ0n) is 14.5. The molecule has 0 unspecified atom stereocenters. The number of carbonyl (C=O) groups is 1. The second-order valence-corrected chi connectivity index (χ2v) is 7.46. The molecule has 1 N–H and O–H groups in total. The SMILES string of the molecule is Cc1csc(C(=O)NCCn2nc(C3CC3)n(-c3ccccc3)c2=O)c1. The minimum Gasteiger partial charge on any atom is -0.349 e. The first-order chi connectivity index (χ1) is 12.6. The van der Waals surface area contributed by atoms with Gasteiger partial charge in [0.1, 0.15) is 5.82 Å². The van der Waals surface area contributed by atoms with Gasteiger partial charge in [0.05, 0.1) is 17.1 Å². The number of rotatable bonds is 6. The molecule has 1 saturated carbocycles. The van der Waals surface area contributed by atoms with Crippen molar-refractivity contribution in [3.8, 4) is 5.69 Å². The molecule has 2 aromatic heterocycles. The van der Waals surface area contributed by atoms with Crippen molar-refractivity contribution in [2.75, 3.05) is 6.54 Å². The van der Waals surface area contributed by atoms with Gasteiger partial charge in [-0.3, -0.25) is 4.79 Å². The molecule has 1 fully saturated rings. The third-order valence-electron chi connectivity index (χ3n) is 4.38. The number of nitrogens with zero attached hydrogens (tertiary/aromatic N) is 3. The maximum Gasteiger partial charge on any atom is 0.350 e. The van der Waals surface area contributed by atoms with Gasteiger partial charge in [-0.2, -0.15) is 5.10 Å². The fourth-order valence-corrected chi connectivity index (χ4v) is 3.72. The Labute approximate surface area is 155 Å². The van der Waals surface area contributed by atoms with Gasteiger partial charge in [0.15, 0.2) is 0 Å². The Kier molecular flexibility index (Phi) is 4.46. The Morgan fingerprint density at radius 3 is 2.73 bits per heavy atom. The summed E-state index contributed by atoms with van der Waals surface area (Å²) >= 11 is 1.42. The van der Waals surface area contributed by atoms with Crippen LogP contribution in [-0.4, -0.2) is 26.8 Å². The molecule has 1 aliphatic carbocycles. The summed E-state index contributed by atoms with van der Waals surface area (Å²) in [6.07, 6.45) is 2.13. The van der Waals surface area contributed by atoms with Gasteiger partial charge in [-0.1, -0.05) is 18.2 Å². The third-order valence-corrected chi connectivity index (χ3v) is 5.43. The summed E-state index contributed by atoms with van der Waals surface area (Å²) in [6.45, 7) is 2.68. The summed E-state index contributed by atoms with van der Waals surface area (Å²) in [5.74, 6) is 1.07. The molecule has 1 aliphatic rings. The van der Waals surface area contributed by atoms with E-state index < -0.39 is 0 Å². The van der Waals surface area contributed by atoms with Crippen molar-refractivity contribution in [1.29, 1.82) is 0 Å². The lowest BCUT2D eigenvalue weighted by Gasteiger charge is -2.04. The number of aromatic nitrogens is 3. The van der Waals surface area contributed by atoms with E-state index in [1.54, 1.807) is 4.57 Å². The van der Waals surface area contributed by atoms with Gasteiger partial charge >= 0.3 is 5.69 Å². The van der Waals surface area contributed by atoms with Gasteiger partial charge in [0.2, 0.25) is 0 Å². The molecule has 1 amide bonds. The van der Waals surface area contributed by atoms with E-state index >= 15 is 0 Å². The van der Waals surface area contributed by atoms with E-state index in [4.69, 9.17) is 0 Å². The molecular formula is C19H20N4O2S. The monoisotopic (exact) mass is 368 g/mol. The molecule has 0 aliphatic heterocycles. The molecule has 26 heavy (non-hydrogen) atoms. The van der Waals surface area contributed by atoms with Crippen LogP contribution in [0.5, 0.6) is 0 Å². The molecular weight excluding hydrogens is 348 g/mol. The number of benzene rings is 1. The molecule has 4 rings (SSSR count). The van der Waals surface area contributed by atoms with Crippen molar-refractivity contribution in [3.63, 3.8) is 0 Å². The van der Waals surface area contributed by atoms with Crippen LogP contribution in [0.1, 0.15) is 39.8 Å². The van der Waals surface area contributed by atoms with Gasteiger partial charge in [0, 0.05) is 12.5 Å². The van der Waals surface area contributed by atoms with Crippen LogP contribution in [-0.2, 0) is 6.54 Å². The summed E-state index contributed by atoms with van der Waals surface area (Å²) < 4.78 is 3.16. The largest absolute Gasteiger partial charge is 0.350 e. The third kappa shape index (κ3) is 3.35. The molecule has 0 radical (unpaired) electrons. The number of hydrogen-bond acceptors (Lipinski definition) is 4. The second-order valence-electron chi connectivity index (χ2n) is 6.55. The minimum atomic E-state index is -0.153. The summed E-state index contributed by atoms with van der Waals surface area (Å²) in [7, 11) is 0. The zero-order chi connectivity index (χ0) is 18.1. The van der Waals surface area contributed by atoms with Crippen molar-refractivity contribution in [1.82, 2.24) is 19.7 Å². The Morgan fingerprint density at radius 1 is 1.31 bits per heavy atom. The lowest BCUT2D eigenvalue weighted by Crippen LogP contribution is -2.31. The lowest BCUT2D eigenvalue weighted by atomic mass is 10.3. The number of thiophene rings is 1. The van der Waals surface area contributed by atoms with Crippen LogP contribution in [0.2, 0.25) is 0 Å². The van der Waals surface area contributed by atoms with Crippen LogP contribution in [0.25, 0.3) is 5.69 Å². The number of hydrogen-bond donors (Lipinski definition) is 1. The average Bonchev–Trinajstić information content (AvgIpc) is 3.32. The number of amides is 1. The van der Waals surface area contributed by atoms with Gasteiger partial charge in [0.25, 0.3) is 5.91 Å². The van der Waals surface area contributed by atoms with Crippen molar-refractivity contribution in [2.45, 2.75) is 32.2 Å². The maximum atomic E-state index is 12.8. The van der Waals surface area contributed by atoms with E-state index in [0.29, 0.717) is 23.9 Å². The molecule has 0 atom stereocenters. The van der Waals surface area contributed by atoms with Crippen molar-refractivity contribution in [3.05, 3.63) is 68.5 Å². The van der Waals surface area contributed by atoms with Crippen LogP contribution in [0.4, 0.5) is 0 Å². The molecule has 2 heterocycles. The van der Waals surface area contributed by atoms with Crippen LogP contribution >= 0.6 is 11.3 Å². The molecule has 3 aromatic rings. The first-order valence-corrected chi connectivity index (χ1v) is 9.60. The predicted octanol–water partition coefficient (Wildman–Crippen LogP) is 2.71. The van der Waals surface area contributed by atoms with Crippen LogP contribution in [0.3, 0.4) is 0 Å². The van der Waals surface area contributed by atoms with Gasteiger partial charge < -0.3 is 5.32 Å². The second kappa shape index (κ2) is 6.92. The van der Waals surface area contributed by atoms with Gasteiger partial charge in [-0.25, -0.2) is 14.0 Å². The highest BCUT2D eigenvalue weighted by molar-refractivity contribution is 7.12. The van der Waals surface area contributed by atoms with E-state index in [2.05, 4.69) is 10.4 Å². The molecule has 7 heteroatoms. The van der Waals surface area contributed by atoms with Crippen molar-refractivity contribution >= 4 is 17.2 Å². The molecule has 0 saturated heterocycles. The number of para-hydroxylation sites is 1. The zero-order valence-corrected chi connectivity index (χ0v) is 15.3. The predicted molar refractivity (Wildman–Crippen MR) is 101 cm³/mol. The Hall–Kier alpha value is -2.67. The number of aryl methyl sites for hydroxylation is 1. The highest BCUT2D eigenvalue weighted by Crippen LogP contribution is 2.39. The van der Waals surface area contributed by atoms with E-state index in [9.17, 15) is 9.59 Å². The molecule has 1 aromatic carbocycles. The fraction of sp³-hybridized carbons (Fsp3) is 0.316. The maximum absolute atomic E-state index is 12.8. The molecule has 134 valence electrons. The highest BCUT2D eigenvalue weighted by Gasteiger charge is 2.31. The quantitative estimate of drug-likeness (QED) is 0.727. The first-order valence-electron chi connectivity index (χ1n) is 8.72. The summed E-state index contributed by atoms with van der Waals surface area (Å²) in [5.41, 5.74) is 1.76. The standard InChI is InChI=1S/C19H20N4O2S/c1-13-11-16(26-12-13)18(24)20-9-10-22-19(25)23(15-5-3-2-4-6-15)17(21-22)14-7-8-14/h2-6,11-12,14H,7-10H2,1H3,(H,20,24). The topological polar surface area (TPSA) is 68.9 Å². The van der Waals surface area contributed by atoms with Crippen LogP contribution in [0, 0.1) is 6.92 Å². The van der Waals surface area contributed by atoms with Crippen LogP contribution < -0.4 is 11.0 Å². The van der Waals surface area contributed by atoms with E-state index in [-0.39, 0.29) is 11.6 Å². The van der Waals surface area contributed by atoms with Crippen molar-refractivity contribution in [2.24, 2.45) is 0 Å². The minimum absolute atomic E-state index is 0.110. The van der Waals surface area contributed by atoms with Crippen molar-refractivity contribution < 1.29 is 4.79 Å². The number of carbonyl (C=O) groups excluding carboxylic acids is 1. The van der Waals surface area contributed by atoms with E-state index in [0.717, 1.165) is 29.9 Å². The number of nitrogens with one attached hydrogen (secondary N) is 1. The Morgan fingerprint density at radius 2 is 2.08 bits per heavy atom. The lowest BCUT2D eigenvalue weighted by molar-refractivity contribution is 0.0956.